The molecule has 2 rings (SSSR count). The summed E-state index contributed by atoms with van der Waals surface area (Å²) in [6, 6.07) is 14.2. The maximum atomic E-state index is 12.6. The van der Waals surface area contributed by atoms with Gasteiger partial charge in [-0.25, -0.2) is 4.79 Å². The number of nitro groups is 1. The zero-order valence-electron chi connectivity index (χ0n) is 17.2. The normalized spacial score (nSPS) is 10.9. The van der Waals surface area contributed by atoms with Crippen LogP contribution in [-0.2, 0) is 11.3 Å². The number of nitro benzene ring substituents is 1. The SMILES string of the molecule is CNc1c(OCCN(Cc2ccccc2)C(=O)OC(C)(C)C)cccc1[N+](=O)[O-]. The van der Waals surface area contributed by atoms with Gasteiger partial charge in [0.2, 0.25) is 0 Å². The molecule has 0 saturated heterocycles. The highest BCUT2D eigenvalue weighted by atomic mass is 16.6. The number of ether oxygens (including phenoxy) is 2. The molecule has 8 heteroatoms. The average molecular weight is 401 g/mol. The molecule has 0 unspecified atom stereocenters. The molecule has 156 valence electrons. The predicted molar refractivity (Wildman–Crippen MR) is 111 cm³/mol. The van der Waals surface area contributed by atoms with Gasteiger partial charge in [-0.1, -0.05) is 36.4 Å². The van der Waals surface area contributed by atoms with Crippen molar-refractivity contribution in [2.24, 2.45) is 0 Å². The van der Waals surface area contributed by atoms with Crippen LogP contribution in [0, 0.1) is 10.1 Å². The van der Waals surface area contributed by atoms with Crippen LogP contribution in [-0.4, -0.2) is 41.7 Å². The van der Waals surface area contributed by atoms with Crippen molar-refractivity contribution in [1.29, 1.82) is 0 Å². The van der Waals surface area contributed by atoms with E-state index in [0.29, 0.717) is 18.0 Å². The number of carbonyl (C=O) groups is 1. The first-order valence-electron chi connectivity index (χ1n) is 9.31. The van der Waals surface area contributed by atoms with Gasteiger partial charge in [-0.3, -0.25) is 10.1 Å². The van der Waals surface area contributed by atoms with E-state index in [9.17, 15) is 14.9 Å². The van der Waals surface area contributed by atoms with Gasteiger partial charge >= 0.3 is 6.09 Å². The van der Waals surface area contributed by atoms with Gasteiger partial charge in [-0.15, -0.1) is 0 Å². The lowest BCUT2D eigenvalue weighted by molar-refractivity contribution is -0.384. The number of nitrogens with zero attached hydrogens (tertiary/aromatic N) is 2. The summed E-state index contributed by atoms with van der Waals surface area (Å²) in [6.07, 6.45) is -0.446. The smallest absolute Gasteiger partial charge is 0.410 e. The van der Waals surface area contributed by atoms with E-state index in [-0.39, 0.29) is 18.8 Å². The number of anilines is 1. The van der Waals surface area contributed by atoms with Crippen molar-refractivity contribution in [3.8, 4) is 5.75 Å². The van der Waals surface area contributed by atoms with Crippen molar-refractivity contribution in [2.45, 2.75) is 32.9 Å². The molecule has 0 aliphatic heterocycles. The molecule has 2 aromatic carbocycles. The molecule has 2 aromatic rings. The first kappa shape index (κ1) is 22.0. The van der Waals surface area contributed by atoms with E-state index in [2.05, 4.69) is 5.32 Å². The number of hydrogen-bond donors (Lipinski definition) is 1. The first-order chi connectivity index (χ1) is 13.7. The Labute approximate surface area is 170 Å². The molecule has 0 radical (unpaired) electrons. The summed E-state index contributed by atoms with van der Waals surface area (Å²) in [5.74, 6) is 0.352. The Bertz CT molecular complexity index is 834. The van der Waals surface area contributed by atoms with Crippen LogP contribution < -0.4 is 10.1 Å². The molecule has 0 aliphatic rings. The third kappa shape index (κ3) is 6.67. The predicted octanol–water partition coefficient (Wildman–Crippen LogP) is 4.45. The van der Waals surface area contributed by atoms with Gasteiger partial charge in [-0.05, 0) is 32.4 Å². The Kier molecular flexibility index (Phi) is 7.41. The summed E-state index contributed by atoms with van der Waals surface area (Å²) in [7, 11) is 1.59. The second-order valence-corrected chi connectivity index (χ2v) is 7.39. The molecule has 8 nitrogen and oxygen atoms in total. The van der Waals surface area contributed by atoms with Crippen LogP contribution >= 0.6 is 0 Å². The topological polar surface area (TPSA) is 93.9 Å². The van der Waals surface area contributed by atoms with E-state index in [1.54, 1.807) is 24.1 Å². The Hall–Kier alpha value is -3.29. The minimum absolute atomic E-state index is 0.0710. The zero-order chi connectivity index (χ0) is 21.4. The summed E-state index contributed by atoms with van der Waals surface area (Å²) >= 11 is 0. The molecular formula is C21H27N3O5. The van der Waals surface area contributed by atoms with Gasteiger partial charge < -0.3 is 19.7 Å². The molecule has 0 spiro atoms. The summed E-state index contributed by atoms with van der Waals surface area (Å²) in [4.78, 5) is 24.9. The number of amides is 1. The number of para-hydroxylation sites is 1. The highest BCUT2D eigenvalue weighted by Gasteiger charge is 2.23. The number of nitrogens with one attached hydrogen (secondary N) is 1. The average Bonchev–Trinajstić information content (AvgIpc) is 2.66. The van der Waals surface area contributed by atoms with Gasteiger partial charge in [0.1, 0.15) is 18.0 Å². The third-order valence-corrected chi connectivity index (χ3v) is 3.94. The summed E-state index contributed by atoms with van der Waals surface area (Å²) < 4.78 is 11.3. The van der Waals surface area contributed by atoms with Gasteiger partial charge in [0.15, 0.2) is 5.69 Å². The van der Waals surface area contributed by atoms with Crippen LogP contribution in [0.4, 0.5) is 16.2 Å². The van der Waals surface area contributed by atoms with Crippen molar-refractivity contribution in [3.05, 3.63) is 64.2 Å². The van der Waals surface area contributed by atoms with E-state index in [4.69, 9.17) is 9.47 Å². The number of benzene rings is 2. The Morgan fingerprint density at radius 3 is 2.41 bits per heavy atom. The van der Waals surface area contributed by atoms with Crippen LogP contribution in [0.5, 0.6) is 5.75 Å². The van der Waals surface area contributed by atoms with Crippen molar-refractivity contribution >= 4 is 17.5 Å². The quantitative estimate of drug-likeness (QED) is 0.519. The van der Waals surface area contributed by atoms with E-state index >= 15 is 0 Å². The lowest BCUT2D eigenvalue weighted by Crippen LogP contribution is -2.38. The van der Waals surface area contributed by atoms with E-state index < -0.39 is 16.6 Å². The fourth-order valence-corrected chi connectivity index (χ4v) is 2.67. The number of hydrogen-bond acceptors (Lipinski definition) is 6. The van der Waals surface area contributed by atoms with Crippen LogP contribution in [0.15, 0.2) is 48.5 Å². The maximum absolute atomic E-state index is 12.6. The molecule has 0 heterocycles. The minimum atomic E-state index is -0.619. The maximum Gasteiger partial charge on any atom is 0.410 e. The second-order valence-electron chi connectivity index (χ2n) is 7.39. The lowest BCUT2D eigenvalue weighted by Gasteiger charge is -2.27. The van der Waals surface area contributed by atoms with Crippen molar-refractivity contribution in [1.82, 2.24) is 4.90 Å². The monoisotopic (exact) mass is 401 g/mol. The Morgan fingerprint density at radius 1 is 1.14 bits per heavy atom. The fraction of sp³-hybridized carbons (Fsp3) is 0.381. The molecule has 29 heavy (non-hydrogen) atoms. The third-order valence-electron chi connectivity index (χ3n) is 3.94. The van der Waals surface area contributed by atoms with Gasteiger partial charge in [0.25, 0.3) is 5.69 Å². The highest BCUT2D eigenvalue weighted by Crippen LogP contribution is 2.33. The van der Waals surface area contributed by atoms with Gasteiger partial charge in [0, 0.05) is 19.7 Å². The van der Waals surface area contributed by atoms with Crippen LogP contribution in [0.3, 0.4) is 0 Å². The summed E-state index contributed by atoms with van der Waals surface area (Å²) in [6.45, 7) is 6.21. The first-order valence-corrected chi connectivity index (χ1v) is 9.31. The fourth-order valence-electron chi connectivity index (χ4n) is 2.67. The Morgan fingerprint density at radius 2 is 1.83 bits per heavy atom. The molecule has 1 N–H and O–H groups in total. The molecule has 0 aromatic heterocycles. The van der Waals surface area contributed by atoms with Crippen molar-refractivity contribution < 1.29 is 19.2 Å². The number of carbonyl (C=O) groups excluding carboxylic acids is 1. The molecular weight excluding hydrogens is 374 g/mol. The lowest BCUT2D eigenvalue weighted by atomic mass is 10.2. The summed E-state index contributed by atoms with van der Waals surface area (Å²) in [5.41, 5.74) is 0.568. The van der Waals surface area contributed by atoms with Crippen LogP contribution in [0.2, 0.25) is 0 Å². The standard InChI is InChI=1S/C21H27N3O5/c1-21(2,3)29-20(25)23(15-16-9-6-5-7-10-16)13-14-28-18-12-8-11-17(24(26)27)19(18)22-4/h5-12,22H,13-15H2,1-4H3. The number of rotatable bonds is 8. The second kappa shape index (κ2) is 9.77. The minimum Gasteiger partial charge on any atom is -0.489 e. The van der Waals surface area contributed by atoms with Crippen LogP contribution in [0.1, 0.15) is 26.3 Å². The van der Waals surface area contributed by atoms with Gasteiger partial charge in [-0.2, -0.15) is 0 Å². The van der Waals surface area contributed by atoms with E-state index in [1.807, 2.05) is 51.1 Å². The molecule has 0 saturated carbocycles. The summed E-state index contributed by atoms with van der Waals surface area (Å²) in [5, 5.41) is 14.0. The van der Waals surface area contributed by atoms with Crippen molar-refractivity contribution in [2.75, 3.05) is 25.5 Å². The van der Waals surface area contributed by atoms with Gasteiger partial charge in [0.05, 0.1) is 11.5 Å². The van der Waals surface area contributed by atoms with Crippen molar-refractivity contribution in [3.63, 3.8) is 0 Å². The molecule has 1 amide bonds. The Balaban J connectivity index is 2.10. The molecule has 0 atom stereocenters. The highest BCUT2D eigenvalue weighted by molar-refractivity contribution is 5.70. The van der Waals surface area contributed by atoms with E-state index in [0.717, 1.165) is 5.56 Å². The largest absolute Gasteiger partial charge is 0.489 e. The van der Waals surface area contributed by atoms with Crippen LogP contribution in [0.25, 0.3) is 0 Å². The zero-order valence-corrected chi connectivity index (χ0v) is 17.2. The van der Waals surface area contributed by atoms with E-state index in [1.165, 1.54) is 6.07 Å². The molecule has 0 bridgehead atoms. The molecule has 0 fully saturated rings. The molecule has 0 aliphatic carbocycles.